The van der Waals surface area contributed by atoms with Gasteiger partial charge in [0.25, 0.3) is 5.91 Å². The fourth-order valence-corrected chi connectivity index (χ4v) is 5.96. The van der Waals surface area contributed by atoms with Gasteiger partial charge in [-0.3, -0.25) is 9.59 Å². The number of amides is 2. The van der Waals surface area contributed by atoms with Crippen molar-refractivity contribution in [1.29, 1.82) is 0 Å². The molecule has 1 atom stereocenters. The Morgan fingerprint density at radius 2 is 1.94 bits per heavy atom. The van der Waals surface area contributed by atoms with E-state index in [1.807, 2.05) is 32.0 Å². The first kappa shape index (κ1) is 21.3. The standard InChI is InChI=1S/C22H25N3O5S/c1-13-6-7-16(14(2)9-13)24-22(27)18-5-4-8-25(18)31(28,29)20-11-19-17(10-15(20)3)23-21(26)12-30-19/h6-7,9-11,18H,4-5,8,12H2,1-3H3,(H,23,26)(H,24,27)/t18-/m1/s1. The highest BCUT2D eigenvalue weighted by Gasteiger charge is 2.40. The molecule has 8 nitrogen and oxygen atoms in total. The Balaban J connectivity index is 1.62. The molecule has 2 N–H and O–H groups in total. The van der Waals surface area contributed by atoms with E-state index in [4.69, 9.17) is 4.74 Å². The summed E-state index contributed by atoms with van der Waals surface area (Å²) >= 11 is 0. The SMILES string of the molecule is Cc1ccc(NC(=O)[C@H]2CCCN2S(=O)(=O)c2cc3c(cc2C)NC(=O)CO3)c(C)c1. The fraction of sp³-hybridized carbons (Fsp3) is 0.364. The van der Waals surface area contributed by atoms with Gasteiger partial charge in [0.15, 0.2) is 6.61 Å². The summed E-state index contributed by atoms with van der Waals surface area (Å²) in [7, 11) is -3.94. The average Bonchev–Trinajstić information content (AvgIpc) is 3.20. The van der Waals surface area contributed by atoms with Gasteiger partial charge in [-0.2, -0.15) is 4.31 Å². The number of sulfonamides is 1. The van der Waals surface area contributed by atoms with Crippen molar-refractivity contribution >= 4 is 33.2 Å². The lowest BCUT2D eigenvalue weighted by molar-refractivity contribution is -0.119. The molecular formula is C22H25N3O5S. The summed E-state index contributed by atoms with van der Waals surface area (Å²) in [4.78, 5) is 24.6. The van der Waals surface area contributed by atoms with Crippen LogP contribution in [0, 0.1) is 20.8 Å². The van der Waals surface area contributed by atoms with Gasteiger partial charge in [0.2, 0.25) is 15.9 Å². The summed E-state index contributed by atoms with van der Waals surface area (Å²) in [6.07, 6.45) is 1.05. The number of fused-ring (bicyclic) bond motifs is 1. The summed E-state index contributed by atoms with van der Waals surface area (Å²) in [5.74, 6) is -0.323. The molecule has 2 aliphatic heterocycles. The second-order valence-electron chi connectivity index (χ2n) is 8.03. The van der Waals surface area contributed by atoms with Crippen LogP contribution in [0.15, 0.2) is 35.2 Å². The van der Waals surface area contributed by atoms with E-state index in [2.05, 4.69) is 10.6 Å². The van der Waals surface area contributed by atoms with Crippen molar-refractivity contribution < 1.29 is 22.7 Å². The molecule has 9 heteroatoms. The van der Waals surface area contributed by atoms with Crippen LogP contribution in [-0.4, -0.2) is 43.7 Å². The number of anilines is 2. The number of aryl methyl sites for hydroxylation is 3. The van der Waals surface area contributed by atoms with Gasteiger partial charge in [-0.25, -0.2) is 8.42 Å². The predicted molar refractivity (Wildman–Crippen MR) is 117 cm³/mol. The van der Waals surface area contributed by atoms with Crippen molar-refractivity contribution in [2.45, 2.75) is 44.6 Å². The zero-order chi connectivity index (χ0) is 22.3. The topological polar surface area (TPSA) is 105 Å². The molecule has 0 bridgehead atoms. The van der Waals surface area contributed by atoms with Crippen molar-refractivity contribution in [3.63, 3.8) is 0 Å². The highest BCUT2D eigenvalue weighted by Crippen LogP contribution is 2.36. The van der Waals surface area contributed by atoms with Gasteiger partial charge < -0.3 is 15.4 Å². The number of carbonyl (C=O) groups is 2. The number of hydrogen-bond acceptors (Lipinski definition) is 5. The van der Waals surface area contributed by atoms with Crippen LogP contribution in [0.3, 0.4) is 0 Å². The average molecular weight is 444 g/mol. The van der Waals surface area contributed by atoms with Crippen LogP contribution in [0.25, 0.3) is 0 Å². The number of benzene rings is 2. The first-order chi connectivity index (χ1) is 14.7. The van der Waals surface area contributed by atoms with Crippen molar-refractivity contribution in [2.24, 2.45) is 0 Å². The molecule has 0 radical (unpaired) electrons. The van der Waals surface area contributed by atoms with E-state index in [1.54, 1.807) is 13.0 Å². The Hall–Kier alpha value is -2.91. The van der Waals surface area contributed by atoms with E-state index in [0.29, 0.717) is 35.5 Å². The number of ether oxygens (including phenoxy) is 1. The maximum Gasteiger partial charge on any atom is 0.262 e. The molecule has 0 saturated carbocycles. The second-order valence-corrected chi connectivity index (χ2v) is 9.89. The molecule has 4 rings (SSSR count). The minimum atomic E-state index is -3.94. The van der Waals surface area contributed by atoms with E-state index >= 15 is 0 Å². The molecule has 2 heterocycles. The predicted octanol–water partition coefficient (Wildman–Crippen LogP) is 2.73. The summed E-state index contributed by atoms with van der Waals surface area (Å²) in [6.45, 7) is 5.64. The Labute approximate surface area is 181 Å². The zero-order valence-electron chi connectivity index (χ0n) is 17.7. The van der Waals surface area contributed by atoms with Crippen molar-refractivity contribution in [3.05, 3.63) is 47.0 Å². The molecule has 0 aromatic heterocycles. The van der Waals surface area contributed by atoms with Gasteiger partial charge in [0, 0.05) is 18.3 Å². The normalized spacial score (nSPS) is 18.8. The van der Waals surface area contributed by atoms with Crippen LogP contribution in [0.5, 0.6) is 5.75 Å². The number of rotatable bonds is 4. The monoisotopic (exact) mass is 443 g/mol. The van der Waals surface area contributed by atoms with E-state index in [-0.39, 0.29) is 29.9 Å². The fourth-order valence-electron chi connectivity index (χ4n) is 4.08. The second kappa shape index (κ2) is 7.97. The van der Waals surface area contributed by atoms with E-state index in [1.165, 1.54) is 10.4 Å². The van der Waals surface area contributed by atoms with Gasteiger partial charge in [0.1, 0.15) is 11.8 Å². The quantitative estimate of drug-likeness (QED) is 0.756. The number of hydrogen-bond donors (Lipinski definition) is 2. The maximum absolute atomic E-state index is 13.5. The summed E-state index contributed by atoms with van der Waals surface area (Å²) in [5, 5.41) is 5.56. The Morgan fingerprint density at radius 1 is 1.16 bits per heavy atom. The molecule has 31 heavy (non-hydrogen) atoms. The molecule has 2 amide bonds. The van der Waals surface area contributed by atoms with Crippen LogP contribution in [0.2, 0.25) is 0 Å². The lowest BCUT2D eigenvalue weighted by Gasteiger charge is -2.26. The molecule has 2 aromatic rings. The summed E-state index contributed by atoms with van der Waals surface area (Å²) in [6, 6.07) is 7.92. The zero-order valence-corrected chi connectivity index (χ0v) is 18.5. The summed E-state index contributed by atoms with van der Waals surface area (Å²) in [5.41, 5.74) is 3.60. The van der Waals surface area contributed by atoms with Gasteiger partial charge in [-0.1, -0.05) is 17.7 Å². The smallest absolute Gasteiger partial charge is 0.262 e. The third-order valence-electron chi connectivity index (χ3n) is 5.64. The number of nitrogens with zero attached hydrogens (tertiary/aromatic N) is 1. The minimum Gasteiger partial charge on any atom is -0.482 e. The number of nitrogens with one attached hydrogen (secondary N) is 2. The summed E-state index contributed by atoms with van der Waals surface area (Å²) < 4.78 is 33.6. The van der Waals surface area contributed by atoms with Crippen LogP contribution in [0.1, 0.15) is 29.5 Å². The molecule has 1 fully saturated rings. The molecule has 2 aromatic carbocycles. The molecule has 0 unspecified atom stereocenters. The molecule has 1 saturated heterocycles. The Kier molecular flexibility index (Phi) is 5.49. The molecule has 0 aliphatic carbocycles. The van der Waals surface area contributed by atoms with E-state index in [9.17, 15) is 18.0 Å². The van der Waals surface area contributed by atoms with Gasteiger partial charge in [-0.15, -0.1) is 0 Å². The van der Waals surface area contributed by atoms with Crippen LogP contribution in [-0.2, 0) is 19.6 Å². The molecule has 164 valence electrons. The number of carbonyl (C=O) groups excluding carboxylic acids is 2. The highest BCUT2D eigenvalue weighted by molar-refractivity contribution is 7.89. The van der Waals surface area contributed by atoms with E-state index < -0.39 is 16.1 Å². The molecule has 2 aliphatic rings. The molecular weight excluding hydrogens is 418 g/mol. The molecule has 0 spiro atoms. The Bertz CT molecular complexity index is 1180. The van der Waals surface area contributed by atoms with Crippen LogP contribution < -0.4 is 15.4 Å². The lowest BCUT2D eigenvalue weighted by Crippen LogP contribution is -2.43. The third-order valence-corrected chi connectivity index (χ3v) is 7.69. The van der Waals surface area contributed by atoms with E-state index in [0.717, 1.165) is 11.1 Å². The maximum atomic E-state index is 13.5. The third kappa shape index (κ3) is 4.03. The highest BCUT2D eigenvalue weighted by atomic mass is 32.2. The van der Waals surface area contributed by atoms with Crippen LogP contribution in [0.4, 0.5) is 11.4 Å². The van der Waals surface area contributed by atoms with Gasteiger partial charge in [0.05, 0.1) is 10.6 Å². The first-order valence-electron chi connectivity index (χ1n) is 10.1. The van der Waals surface area contributed by atoms with Crippen molar-refractivity contribution in [2.75, 3.05) is 23.8 Å². The van der Waals surface area contributed by atoms with Crippen molar-refractivity contribution in [3.8, 4) is 5.75 Å². The first-order valence-corrected chi connectivity index (χ1v) is 11.6. The van der Waals surface area contributed by atoms with Crippen molar-refractivity contribution in [1.82, 2.24) is 4.31 Å². The lowest BCUT2D eigenvalue weighted by atomic mass is 10.1. The minimum absolute atomic E-state index is 0.0774. The van der Waals surface area contributed by atoms with Gasteiger partial charge in [-0.05, 0) is 56.9 Å². The van der Waals surface area contributed by atoms with Gasteiger partial charge >= 0.3 is 0 Å². The van der Waals surface area contributed by atoms with Crippen LogP contribution >= 0.6 is 0 Å². The Morgan fingerprint density at radius 3 is 2.68 bits per heavy atom. The largest absolute Gasteiger partial charge is 0.482 e.